The zero-order chi connectivity index (χ0) is 14.7. The van der Waals surface area contributed by atoms with Crippen LogP contribution in [0.15, 0.2) is 18.3 Å². The molecular weight excluding hydrogens is 266 g/mol. The van der Waals surface area contributed by atoms with E-state index in [9.17, 15) is 4.79 Å². The van der Waals surface area contributed by atoms with E-state index in [1.54, 1.807) is 6.20 Å². The summed E-state index contributed by atoms with van der Waals surface area (Å²) in [7, 11) is 0. The number of morpholine rings is 1. The second-order valence-electron chi connectivity index (χ2n) is 5.97. The zero-order valence-corrected chi connectivity index (χ0v) is 12.6. The van der Waals surface area contributed by atoms with E-state index < -0.39 is 0 Å². The van der Waals surface area contributed by atoms with Crippen LogP contribution < -0.4 is 4.90 Å². The predicted molar refractivity (Wildman–Crippen MR) is 81.6 cm³/mol. The molecule has 2 fully saturated rings. The van der Waals surface area contributed by atoms with Gasteiger partial charge in [0.2, 0.25) is 0 Å². The number of amides is 1. The second-order valence-corrected chi connectivity index (χ2v) is 5.97. The molecule has 1 unspecified atom stereocenters. The first-order valence-electron chi connectivity index (χ1n) is 7.82. The molecule has 3 rings (SSSR count). The number of piperidine rings is 1. The average Bonchev–Trinajstić information content (AvgIpc) is 2.55. The molecule has 0 bridgehead atoms. The van der Waals surface area contributed by atoms with E-state index in [1.165, 1.54) is 6.42 Å². The lowest BCUT2D eigenvalue weighted by Gasteiger charge is -2.33. The maximum Gasteiger partial charge on any atom is 0.257 e. The molecule has 1 aromatic heterocycles. The number of carbonyl (C=O) groups is 1. The van der Waals surface area contributed by atoms with Crippen LogP contribution in [0.4, 0.5) is 5.82 Å². The SMILES string of the molecule is CC1CCCN(C(=O)c2cccnc2N2CCOCC2)C1. The number of aromatic nitrogens is 1. The van der Waals surface area contributed by atoms with E-state index in [1.807, 2.05) is 17.0 Å². The molecule has 1 aromatic rings. The Labute approximate surface area is 125 Å². The van der Waals surface area contributed by atoms with Gasteiger partial charge in [0.25, 0.3) is 5.91 Å². The number of ether oxygens (including phenoxy) is 1. The summed E-state index contributed by atoms with van der Waals surface area (Å²) in [6, 6.07) is 3.75. The quantitative estimate of drug-likeness (QED) is 0.833. The van der Waals surface area contributed by atoms with Crippen molar-refractivity contribution in [1.29, 1.82) is 0 Å². The second kappa shape index (κ2) is 6.43. The van der Waals surface area contributed by atoms with Crippen molar-refractivity contribution in [2.24, 2.45) is 5.92 Å². The van der Waals surface area contributed by atoms with Gasteiger partial charge in [-0.05, 0) is 30.9 Å². The van der Waals surface area contributed by atoms with Gasteiger partial charge >= 0.3 is 0 Å². The fourth-order valence-corrected chi connectivity index (χ4v) is 3.14. The molecule has 5 nitrogen and oxygen atoms in total. The number of nitrogens with zero attached hydrogens (tertiary/aromatic N) is 3. The van der Waals surface area contributed by atoms with Crippen molar-refractivity contribution in [2.75, 3.05) is 44.3 Å². The van der Waals surface area contributed by atoms with Crippen LogP contribution in [-0.4, -0.2) is 55.2 Å². The van der Waals surface area contributed by atoms with Gasteiger partial charge in [-0.25, -0.2) is 4.98 Å². The number of anilines is 1. The maximum atomic E-state index is 12.8. The van der Waals surface area contributed by atoms with Crippen LogP contribution in [0.25, 0.3) is 0 Å². The highest BCUT2D eigenvalue weighted by Gasteiger charge is 2.26. The first kappa shape index (κ1) is 14.3. The van der Waals surface area contributed by atoms with Crippen LogP contribution in [0, 0.1) is 5.92 Å². The van der Waals surface area contributed by atoms with Crippen LogP contribution in [0.5, 0.6) is 0 Å². The Hall–Kier alpha value is -1.62. The van der Waals surface area contributed by atoms with E-state index in [4.69, 9.17) is 4.74 Å². The van der Waals surface area contributed by atoms with Crippen LogP contribution in [0.3, 0.4) is 0 Å². The van der Waals surface area contributed by atoms with Gasteiger partial charge in [-0.15, -0.1) is 0 Å². The third kappa shape index (κ3) is 3.18. The Balaban J connectivity index is 1.82. The molecule has 0 radical (unpaired) electrons. The Morgan fingerprint density at radius 3 is 2.90 bits per heavy atom. The van der Waals surface area contributed by atoms with Crippen LogP contribution in [0.2, 0.25) is 0 Å². The maximum absolute atomic E-state index is 12.8. The molecule has 1 atom stereocenters. The molecule has 2 saturated heterocycles. The van der Waals surface area contributed by atoms with E-state index >= 15 is 0 Å². The number of hydrogen-bond acceptors (Lipinski definition) is 4. The summed E-state index contributed by atoms with van der Waals surface area (Å²) in [4.78, 5) is 21.4. The lowest BCUT2D eigenvalue weighted by atomic mass is 9.99. The topological polar surface area (TPSA) is 45.7 Å². The third-order valence-electron chi connectivity index (χ3n) is 4.27. The molecule has 1 amide bonds. The van der Waals surface area contributed by atoms with Gasteiger partial charge in [0, 0.05) is 32.4 Å². The lowest BCUT2D eigenvalue weighted by molar-refractivity contribution is 0.0682. The van der Waals surface area contributed by atoms with Crippen molar-refractivity contribution in [3.8, 4) is 0 Å². The van der Waals surface area contributed by atoms with E-state index in [0.717, 1.165) is 44.0 Å². The minimum atomic E-state index is 0.121. The summed E-state index contributed by atoms with van der Waals surface area (Å²) >= 11 is 0. The summed E-state index contributed by atoms with van der Waals surface area (Å²) in [5.41, 5.74) is 0.730. The summed E-state index contributed by atoms with van der Waals surface area (Å²) in [5, 5.41) is 0. The highest BCUT2D eigenvalue weighted by Crippen LogP contribution is 2.23. The molecule has 0 N–H and O–H groups in total. The number of carbonyl (C=O) groups excluding carboxylic acids is 1. The first-order chi connectivity index (χ1) is 10.3. The molecule has 2 aliphatic heterocycles. The molecule has 3 heterocycles. The van der Waals surface area contributed by atoms with Crippen molar-refractivity contribution in [3.05, 3.63) is 23.9 Å². The first-order valence-corrected chi connectivity index (χ1v) is 7.82. The van der Waals surface area contributed by atoms with Gasteiger partial charge in [0.15, 0.2) is 0 Å². The van der Waals surface area contributed by atoms with Crippen molar-refractivity contribution in [3.63, 3.8) is 0 Å². The van der Waals surface area contributed by atoms with Gasteiger partial charge in [-0.3, -0.25) is 4.79 Å². The van der Waals surface area contributed by atoms with Gasteiger partial charge in [0.05, 0.1) is 18.8 Å². The van der Waals surface area contributed by atoms with Gasteiger partial charge in [-0.2, -0.15) is 0 Å². The minimum Gasteiger partial charge on any atom is -0.378 e. The Morgan fingerprint density at radius 1 is 1.33 bits per heavy atom. The summed E-state index contributed by atoms with van der Waals surface area (Å²) < 4.78 is 5.39. The minimum absolute atomic E-state index is 0.121. The van der Waals surface area contributed by atoms with Crippen LogP contribution >= 0.6 is 0 Å². The predicted octanol–water partition coefficient (Wildman–Crippen LogP) is 1.79. The number of pyridine rings is 1. The highest BCUT2D eigenvalue weighted by atomic mass is 16.5. The Morgan fingerprint density at radius 2 is 2.14 bits per heavy atom. The summed E-state index contributed by atoms with van der Waals surface area (Å²) in [5.74, 6) is 1.52. The van der Waals surface area contributed by atoms with Gasteiger partial charge in [0.1, 0.15) is 5.82 Å². The molecule has 114 valence electrons. The molecule has 0 aliphatic carbocycles. The molecule has 2 aliphatic rings. The lowest BCUT2D eigenvalue weighted by Crippen LogP contribution is -2.41. The van der Waals surface area contributed by atoms with Crippen LogP contribution in [0.1, 0.15) is 30.1 Å². The number of rotatable bonds is 2. The van der Waals surface area contributed by atoms with Crippen LogP contribution in [-0.2, 0) is 4.74 Å². The van der Waals surface area contributed by atoms with Crippen molar-refractivity contribution in [2.45, 2.75) is 19.8 Å². The van der Waals surface area contributed by atoms with Gasteiger partial charge < -0.3 is 14.5 Å². The average molecular weight is 289 g/mol. The monoisotopic (exact) mass is 289 g/mol. The molecular formula is C16H23N3O2. The van der Waals surface area contributed by atoms with E-state index in [0.29, 0.717) is 19.1 Å². The Kier molecular flexibility index (Phi) is 4.39. The van der Waals surface area contributed by atoms with Gasteiger partial charge in [-0.1, -0.05) is 6.92 Å². The molecule has 0 spiro atoms. The number of likely N-dealkylation sites (tertiary alicyclic amines) is 1. The summed E-state index contributed by atoms with van der Waals surface area (Å²) in [6.45, 7) is 6.93. The third-order valence-corrected chi connectivity index (χ3v) is 4.27. The standard InChI is InChI=1S/C16H23N3O2/c1-13-4-3-7-19(12-13)16(20)14-5-2-6-17-15(14)18-8-10-21-11-9-18/h2,5-6,13H,3-4,7-12H2,1H3. The fourth-order valence-electron chi connectivity index (χ4n) is 3.14. The van der Waals surface area contributed by atoms with Crippen molar-refractivity contribution < 1.29 is 9.53 Å². The fraction of sp³-hybridized carbons (Fsp3) is 0.625. The number of hydrogen-bond donors (Lipinski definition) is 0. The molecule has 0 aromatic carbocycles. The van der Waals surface area contributed by atoms with Crippen molar-refractivity contribution >= 4 is 11.7 Å². The van der Waals surface area contributed by atoms with E-state index in [2.05, 4.69) is 16.8 Å². The highest BCUT2D eigenvalue weighted by molar-refractivity contribution is 5.99. The van der Waals surface area contributed by atoms with Crippen molar-refractivity contribution in [1.82, 2.24) is 9.88 Å². The zero-order valence-electron chi connectivity index (χ0n) is 12.6. The molecule has 0 saturated carbocycles. The summed E-state index contributed by atoms with van der Waals surface area (Å²) in [6.07, 6.45) is 4.08. The largest absolute Gasteiger partial charge is 0.378 e. The molecule has 5 heteroatoms. The van der Waals surface area contributed by atoms with E-state index in [-0.39, 0.29) is 5.91 Å². The Bertz CT molecular complexity index is 500. The smallest absolute Gasteiger partial charge is 0.257 e. The normalized spacial score (nSPS) is 23.2. The molecule has 21 heavy (non-hydrogen) atoms.